The van der Waals surface area contributed by atoms with Crippen LogP contribution in [0.15, 0.2) is 34.2 Å². The molecule has 2 N–H and O–H groups in total. The maximum Gasteiger partial charge on any atom is 0.179 e. The van der Waals surface area contributed by atoms with E-state index in [4.69, 9.17) is 22.6 Å². The van der Waals surface area contributed by atoms with Gasteiger partial charge in [0, 0.05) is 6.42 Å². The van der Waals surface area contributed by atoms with E-state index in [0.29, 0.717) is 5.69 Å². The highest BCUT2D eigenvalue weighted by molar-refractivity contribution is 7.91. The predicted molar refractivity (Wildman–Crippen MR) is 70.7 cm³/mol. The van der Waals surface area contributed by atoms with Crippen LogP contribution in [0.4, 0.5) is 5.69 Å². The molecular formula is C11H12ClN3O2S. The predicted octanol–water partition coefficient (Wildman–Crippen LogP) is 1.60. The van der Waals surface area contributed by atoms with Crippen molar-refractivity contribution in [1.29, 1.82) is 5.26 Å². The quantitative estimate of drug-likeness (QED) is 0.505. The average molecular weight is 286 g/mol. The Kier molecular flexibility index (Phi) is 5.13. The summed E-state index contributed by atoms with van der Waals surface area (Å²) in [4.78, 5) is 4.15. The molecule has 96 valence electrons. The van der Waals surface area contributed by atoms with Crippen LogP contribution < -0.4 is 5.73 Å². The fraction of sp³-hybridized carbons (Fsp3) is 0.273. The first-order valence-corrected chi connectivity index (χ1v) is 7.27. The van der Waals surface area contributed by atoms with Gasteiger partial charge in [-0.2, -0.15) is 5.26 Å². The van der Waals surface area contributed by atoms with Gasteiger partial charge >= 0.3 is 0 Å². The molecule has 0 aromatic heterocycles. The molecule has 0 amide bonds. The second-order valence-corrected chi connectivity index (χ2v) is 5.83. The van der Waals surface area contributed by atoms with Crippen molar-refractivity contribution in [2.45, 2.75) is 11.3 Å². The van der Waals surface area contributed by atoms with Gasteiger partial charge in [-0.25, -0.2) is 13.4 Å². The monoisotopic (exact) mass is 285 g/mol. The topological polar surface area (TPSA) is 96.3 Å². The Morgan fingerprint density at radius 3 is 2.50 bits per heavy atom. The first kappa shape index (κ1) is 14.5. The number of aliphatic imine (C=N–C) groups is 1. The van der Waals surface area contributed by atoms with Crippen molar-refractivity contribution in [1.82, 2.24) is 0 Å². The van der Waals surface area contributed by atoms with Gasteiger partial charge in [0.2, 0.25) is 0 Å². The molecule has 0 radical (unpaired) electrons. The van der Waals surface area contributed by atoms with Crippen LogP contribution in [0.2, 0.25) is 0 Å². The maximum atomic E-state index is 11.7. The number of amidine groups is 1. The van der Waals surface area contributed by atoms with Gasteiger partial charge in [-0.3, -0.25) is 0 Å². The zero-order chi connectivity index (χ0) is 13.6. The van der Waals surface area contributed by atoms with E-state index >= 15 is 0 Å². The Labute approximate surface area is 111 Å². The number of sulfone groups is 1. The van der Waals surface area contributed by atoms with Crippen LogP contribution in [-0.2, 0) is 9.84 Å². The number of hydrogen-bond acceptors (Lipinski definition) is 4. The van der Waals surface area contributed by atoms with Crippen molar-refractivity contribution >= 4 is 33.0 Å². The Bertz CT molecular complexity index is 573. The molecule has 0 atom stereocenters. The minimum Gasteiger partial charge on any atom is -0.386 e. The fourth-order valence-corrected chi connectivity index (χ4v) is 2.43. The number of benzene rings is 1. The van der Waals surface area contributed by atoms with Gasteiger partial charge in [-0.05, 0) is 24.3 Å². The van der Waals surface area contributed by atoms with E-state index in [1.807, 2.05) is 0 Å². The van der Waals surface area contributed by atoms with Crippen LogP contribution in [0.3, 0.4) is 0 Å². The van der Waals surface area contributed by atoms with Gasteiger partial charge in [0.15, 0.2) is 9.84 Å². The normalized spacial score (nSPS) is 12.1. The van der Waals surface area contributed by atoms with Crippen molar-refractivity contribution in [2.75, 3.05) is 11.6 Å². The number of nitrogens with zero attached hydrogens (tertiary/aromatic N) is 2. The Balaban J connectivity index is 2.93. The first-order chi connectivity index (χ1) is 8.49. The van der Waals surface area contributed by atoms with E-state index in [9.17, 15) is 8.42 Å². The summed E-state index contributed by atoms with van der Waals surface area (Å²) in [7, 11) is -3.40. The Hall–Kier alpha value is -1.58. The lowest BCUT2D eigenvalue weighted by molar-refractivity contribution is 0.596. The molecule has 0 unspecified atom stereocenters. The summed E-state index contributed by atoms with van der Waals surface area (Å²) < 4.78 is 23.5. The third kappa shape index (κ3) is 4.02. The number of nitriles is 1. The fourth-order valence-electron chi connectivity index (χ4n) is 1.22. The SMILES string of the molecule is N#CCCS(=O)(=O)c1ccc(N=C(N)CCl)cc1. The molecule has 7 heteroatoms. The van der Waals surface area contributed by atoms with Crippen LogP contribution in [0.1, 0.15) is 6.42 Å². The van der Waals surface area contributed by atoms with Gasteiger partial charge in [0.05, 0.1) is 28.3 Å². The third-order valence-electron chi connectivity index (χ3n) is 2.09. The molecule has 1 aromatic carbocycles. The van der Waals surface area contributed by atoms with E-state index < -0.39 is 9.84 Å². The van der Waals surface area contributed by atoms with Gasteiger partial charge in [0.25, 0.3) is 0 Å². The summed E-state index contributed by atoms with van der Waals surface area (Å²) in [5.74, 6) is 0.190. The lowest BCUT2D eigenvalue weighted by atomic mass is 10.3. The lowest BCUT2D eigenvalue weighted by Crippen LogP contribution is -2.12. The summed E-state index contributed by atoms with van der Waals surface area (Å²) in [5.41, 5.74) is 5.99. The van der Waals surface area contributed by atoms with Crippen LogP contribution in [0, 0.1) is 11.3 Å². The first-order valence-electron chi connectivity index (χ1n) is 5.08. The minimum atomic E-state index is -3.40. The van der Waals surface area contributed by atoms with E-state index in [-0.39, 0.29) is 28.8 Å². The molecule has 0 bridgehead atoms. The average Bonchev–Trinajstić information content (AvgIpc) is 2.37. The number of halogens is 1. The molecule has 0 spiro atoms. The summed E-state index contributed by atoms with van der Waals surface area (Å²) in [6, 6.07) is 7.76. The number of hydrogen-bond donors (Lipinski definition) is 1. The molecule has 0 aliphatic heterocycles. The third-order valence-corrected chi connectivity index (χ3v) is 4.09. The van der Waals surface area contributed by atoms with E-state index in [1.54, 1.807) is 18.2 Å². The van der Waals surface area contributed by atoms with Crippen LogP contribution in [0.25, 0.3) is 0 Å². The van der Waals surface area contributed by atoms with Crippen LogP contribution in [0.5, 0.6) is 0 Å². The van der Waals surface area contributed by atoms with E-state index in [0.717, 1.165) is 0 Å². The van der Waals surface area contributed by atoms with Crippen molar-refractivity contribution < 1.29 is 8.42 Å². The summed E-state index contributed by atoms with van der Waals surface area (Å²) in [6.45, 7) is 0. The molecule has 1 rings (SSSR count). The molecule has 0 saturated carbocycles. The molecule has 0 heterocycles. The van der Waals surface area contributed by atoms with Gasteiger partial charge < -0.3 is 5.73 Å². The molecular weight excluding hydrogens is 274 g/mol. The minimum absolute atomic E-state index is 0.0264. The highest BCUT2D eigenvalue weighted by atomic mass is 35.5. The Morgan fingerprint density at radius 2 is 2.00 bits per heavy atom. The number of rotatable bonds is 5. The van der Waals surface area contributed by atoms with Crippen molar-refractivity contribution in [3.05, 3.63) is 24.3 Å². The summed E-state index contributed by atoms with van der Waals surface area (Å²) >= 11 is 5.48. The largest absolute Gasteiger partial charge is 0.386 e. The standard InChI is InChI=1S/C11H12ClN3O2S/c12-8-11(14)15-9-2-4-10(5-3-9)18(16,17)7-1-6-13/h2-5H,1,7-8H2,(H2,14,15). The highest BCUT2D eigenvalue weighted by Gasteiger charge is 2.13. The molecule has 18 heavy (non-hydrogen) atoms. The molecule has 5 nitrogen and oxygen atoms in total. The zero-order valence-corrected chi connectivity index (χ0v) is 11.1. The zero-order valence-electron chi connectivity index (χ0n) is 9.51. The van der Waals surface area contributed by atoms with E-state index in [2.05, 4.69) is 4.99 Å². The second-order valence-electron chi connectivity index (χ2n) is 3.46. The summed E-state index contributed by atoms with van der Waals surface area (Å²) in [6.07, 6.45) is -0.0264. The molecule has 0 fully saturated rings. The second kappa shape index (κ2) is 6.38. The van der Waals surface area contributed by atoms with Crippen molar-refractivity contribution in [3.63, 3.8) is 0 Å². The number of alkyl halides is 1. The van der Waals surface area contributed by atoms with Gasteiger partial charge in [-0.15, -0.1) is 11.6 Å². The highest BCUT2D eigenvalue weighted by Crippen LogP contribution is 2.18. The molecule has 0 aliphatic rings. The molecule has 1 aromatic rings. The van der Waals surface area contributed by atoms with Crippen LogP contribution in [-0.4, -0.2) is 25.9 Å². The smallest absolute Gasteiger partial charge is 0.179 e. The maximum absolute atomic E-state index is 11.7. The number of nitrogens with two attached hydrogens (primary N) is 1. The van der Waals surface area contributed by atoms with E-state index in [1.165, 1.54) is 12.1 Å². The van der Waals surface area contributed by atoms with Gasteiger partial charge in [-0.1, -0.05) is 0 Å². The van der Waals surface area contributed by atoms with Crippen LogP contribution >= 0.6 is 11.6 Å². The van der Waals surface area contributed by atoms with Crippen molar-refractivity contribution in [2.24, 2.45) is 10.7 Å². The van der Waals surface area contributed by atoms with Crippen molar-refractivity contribution in [3.8, 4) is 6.07 Å². The Morgan fingerprint density at radius 1 is 1.39 bits per heavy atom. The lowest BCUT2D eigenvalue weighted by Gasteiger charge is -2.02. The molecule has 0 saturated heterocycles. The summed E-state index contributed by atoms with van der Waals surface area (Å²) in [5, 5.41) is 8.39. The van der Waals surface area contributed by atoms with Gasteiger partial charge in [0.1, 0.15) is 5.84 Å². The molecule has 0 aliphatic carbocycles.